The van der Waals surface area contributed by atoms with E-state index in [0.29, 0.717) is 32.1 Å². The molecule has 0 saturated carbocycles. The Morgan fingerprint density at radius 3 is 1.88 bits per heavy atom. The second kappa shape index (κ2) is 12.1. The van der Waals surface area contributed by atoms with E-state index in [1.807, 2.05) is 0 Å². The molecule has 0 bridgehead atoms. The number of anilines is 2. The molecule has 13 nitrogen and oxygen atoms in total. The summed E-state index contributed by atoms with van der Waals surface area (Å²) < 4.78 is 36.8. The third kappa shape index (κ3) is 6.62. The van der Waals surface area contributed by atoms with Crippen molar-refractivity contribution in [2.24, 2.45) is 0 Å². The highest BCUT2D eigenvalue weighted by Gasteiger charge is 2.20. The molecule has 0 fully saturated rings. The van der Waals surface area contributed by atoms with Gasteiger partial charge in [0.15, 0.2) is 0 Å². The lowest BCUT2D eigenvalue weighted by atomic mass is 10.1. The first-order valence-electron chi connectivity index (χ1n) is 12.1. The van der Waals surface area contributed by atoms with Crippen molar-refractivity contribution in [3.63, 3.8) is 0 Å². The van der Waals surface area contributed by atoms with Crippen molar-refractivity contribution >= 4 is 72.6 Å². The van der Waals surface area contributed by atoms with E-state index in [9.17, 15) is 32.7 Å². The second-order valence-corrected chi connectivity index (χ2v) is 11.2. The van der Waals surface area contributed by atoms with Crippen LogP contribution in [0, 0.1) is 10.1 Å². The molecule has 0 unspecified atom stereocenters. The fourth-order valence-corrected chi connectivity index (χ4v) is 5.30. The van der Waals surface area contributed by atoms with E-state index in [0.717, 1.165) is 24.2 Å². The van der Waals surface area contributed by atoms with Gasteiger partial charge in [-0.25, -0.2) is 5.26 Å². The minimum Gasteiger partial charge on any atom is -0.321 e. The molecular formula is C28H19N3O10S2. The zero-order valence-corrected chi connectivity index (χ0v) is 23.2. The normalized spacial score (nSPS) is 11.4. The van der Waals surface area contributed by atoms with Crippen LogP contribution in [0.3, 0.4) is 0 Å². The van der Waals surface area contributed by atoms with Gasteiger partial charge in [0, 0.05) is 50.3 Å². The molecule has 15 heteroatoms. The van der Waals surface area contributed by atoms with E-state index in [1.54, 1.807) is 54.6 Å². The molecule has 0 saturated heterocycles. The summed E-state index contributed by atoms with van der Waals surface area (Å²) in [6.07, 6.45) is 0. The van der Waals surface area contributed by atoms with E-state index in [-0.39, 0.29) is 21.7 Å². The SMILES string of the molecule is O=C(Nc1cccc2cc(SOOO)ccc12)c1cc(C(=O)Nc2cccc3cc(S(=O)(=O)O)ccc23)cc([N+](=O)[O-])c1. The molecule has 0 aliphatic carbocycles. The molecule has 0 heterocycles. The van der Waals surface area contributed by atoms with Crippen LogP contribution in [0.25, 0.3) is 21.5 Å². The third-order valence-electron chi connectivity index (χ3n) is 6.31. The number of fused-ring (bicyclic) bond motifs is 2. The Hall–Kier alpha value is -4.90. The molecule has 0 radical (unpaired) electrons. The number of non-ortho nitro benzene ring substituents is 1. The molecule has 2 amide bonds. The number of benzene rings is 5. The molecule has 5 aromatic rings. The van der Waals surface area contributed by atoms with Crippen molar-refractivity contribution in [1.29, 1.82) is 0 Å². The number of nitrogens with one attached hydrogen (secondary N) is 2. The topological polar surface area (TPSA) is 194 Å². The standard InChI is InChI=1S/C28H19N3O10S2/c32-27(29-25-5-1-3-16-14-21(42-41-40-36)7-9-23(16)25)18-11-19(13-20(12-18)31(34)35)28(33)30-26-6-2-4-17-15-22(43(37,38)39)8-10-24(17)26/h1-15,36H,(H,29,32)(H,30,33)(H,37,38,39). The van der Waals surface area contributed by atoms with Crippen molar-refractivity contribution in [1.82, 2.24) is 0 Å². The van der Waals surface area contributed by atoms with Gasteiger partial charge >= 0.3 is 0 Å². The third-order valence-corrected chi connectivity index (χ3v) is 7.74. The first-order valence-corrected chi connectivity index (χ1v) is 14.3. The average Bonchev–Trinajstić information content (AvgIpc) is 2.99. The fraction of sp³-hybridized carbons (Fsp3) is 0. The summed E-state index contributed by atoms with van der Waals surface area (Å²) in [4.78, 5) is 37.7. The van der Waals surface area contributed by atoms with Crippen LogP contribution in [0.5, 0.6) is 0 Å². The Balaban J connectivity index is 1.44. The molecule has 0 atom stereocenters. The van der Waals surface area contributed by atoms with Crippen LogP contribution in [-0.4, -0.2) is 35.0 Å². The minimum absolute atomic E-state index is 0.146. The highest BCUT2D eigenvalue weighted by molar-refractivity contribution is 7.94. The van der Waals surface area contributed by atoms with Crippen LogP contribution in [0.2, 0.25) is 0 Å². The van der Waals surface area contributed by atoms with Gasteiger partial charge in [-0.05, 0) is 53.2 Å². The molecule has 0 aromatic heterocycles. The number of rotatable bonds is 9. The van der Waals surface area contributed by atoms with Gasteiger partial charge in [0.25, 0.3) is 27.6 Å². The number of nitro groups is 1. The van der Waals surface area contributed by atoms with Gasteiger partial charge < -0.3 is 10.6 Å². The van der Waals surface area contributed by atoms with Crippen LogP contribution in [0.1, 0.15) is 20.7 Å². The lowest BCUT2D eigenvalue weighted by Crippen LogP contribution is -2.16. The number of hydrogen-bond acceptors (Lipinski definition) is 10. The van der Waals surface area contributed by atoms with Crippen molar-refractivity contribution < 1.29 is 42.1 Å². The van der Waals surface area contributed by atoms with Crippen LogP contribution in [0.15, 0.2) is 101 Å². The molecule has 5 rings (SSSR count). The number of carbonyl (C=O) groups is 2. The Labute approximate surface area is 247 Å². The van der Waals surface area contributed by atoms with Crippen molar-refractivity contribution in [3.05, 3.63) is 112 Å². The van der Waals surface area contributed by atoms with Gasteiger partial charge in [0.2, 0.25) is 0 Å². The van der Waals surface area contributed by atoms with Crippen LogP contribution >= 0.6 is 12.0 Å². The second-order valence-electron chi connectivity index (χ2n) is 9.01. The summed E-state index contributed by atoms with van der Waals surface area (Å²) in [6, 6.07) is 22.0. The van der Waals surface area contributed by atoms with Crippen molar-refractivity contribution in [3.8, 4) is 0 Å². The minimum atomic E-state index is -4.45. The highest BCUT2D eigenvalue weighted by Crippen LogP contribution is 2.30. The predicted molar refractivity (Wildman–Crippen MR) is 157 cm³/mol. The molecular weight excluding hydrogens is 602 g/mol. The highest BCUT2D eigenvalue weighted by atomic mass is 32.2. The maximum atomic E-state index is 13.3. The summed E-state index contributed by atoms with van der Waals surface area (Å²) >= 11 is 0.767. The van der Waals surface area contributed by atoms with Crippen LogP contribution in [-0.2, 0) is 19.5 Å². The molecule has 0 aliphatic rings. The average molecular weight is 622 g/mol. The zero-order valence-electron chi connectivity index (χ0n) is 21.6. The summed E-state index contributed by atoms with van der Waals surface area (Å²) in [7, 11) is -4.45. The van der Waals surface area contributed by atoms with E-state index < -0.39 is 32.5 Å². The van der Waals surface area contributed by atoms with E-state index >= 15 is 0 Å². The van der Waals surface area contributed by atoms with E-state index in [2.05, 4.69) is 20.0 Å². The Morgan fingerprint density at radius 2 is 1.35 bits per heavy atom. The van der Waals surface area contributed by atoms with E-state index in [1.165, 1.54) is 24.3 Å². The first-order chi connectivity index (χ1) is 20.5. The molecule has 0 aliphatic heterocycles. The van der Waals surface area contributed by atoms with Gasteiger partial charge in [0.05, 0.1) is 21.9 Å². The van der Waals surface area contributed by atoms with E-state index in [4.69, 9.17) is 5.26 Å². The number of amides is 2. The molecule has 0 spiro atoms. The Bertz CT molecular complexity index is 2030. The van der Waals surface area contributed by atoms with Crippen molar-refractivity contribution in [2.45, 2.75) is 9.79 Å². The zero-order chi connectivity index (χ0) is 30.7. The Kier molecular flexibility index (Phi) is 8.36. The van der Waals surface area contributed by atoms with Gasteiger partial charge in [0.1, 0.15) is 0 Å². The number of nitro benzene ring substituents is 1. The van der Waals surface area contributed by atoms with Crippen LogP contribution in [0.4, 0.5) is 17.1 Å². The number of nitrogens with zero attached hydrogens (tertiary/aromatic N) is 1. The molecule has 4 N–H and O–H groups in total. The fourth-order valence-electron chi connectivity index (χ4n) is 4.38. The summed E-state index contributed by atoms with van der Waals surface area (Å²) in [5, 5.41) is 31.2. The number of hydrogen-bond donors (Lipinski definition) is 4. The molecule has 43 heavy (non-hydrogen) atoms. The summed E-state index contributed by atoms with van der Waals surface area (Å²) in [5.74, 6) is -1.46. The van der Waals surface area contributed by atoms with Crippen molar-refractivity contribution in [2.75, 3.05) is 10.6 Å². The van der Waals surface area contributed by atoms with Gasteiger partial charge in [-0.1, -0.05) is 41.4 Å². The number of carbonyl (C=O) groups excluding carboxylic acids is 2. The Morgan fingerprint density at radius 1 is 0.791 bits per heavy atom. The smallest absolute Gasteiger partial charge is 0.294 e. The largest absolute Gasteiger partial charge is 0.321 e. The molecule has 218 valence electrons. The first kappa shape index (κ1) is 29.6. The van der Waals surface area contributed by atoms with Crippen LogP contribution < -0.4 is 10.6 Å². The van der Waals surface area contributed by atoms with Gasteiger partial charge in [-0.2, -0.15) is 8.42 Å². The lowest BCUT2D eigenvalue weighted by Gasteiger charge is -2.12. The summed E-state index contributed by atoms with van der Waals surface area (Å²) in [6.45, 7) is 0. The van der Waals surface area contributed by atoms with Gasteiger partial charge in [-0.3, -0.25) is 24.3 Å². The van der Waals surface area contributed by atoms with Gasteiger partial charge in [-0.15, -0.1) is 4.33 Å². The predicted octanol–water partition coefficient (Wildman–Crippen LogP) is 6.08. The summed E-state index contributed by atoms with van der Waals surface area (Å²) in [5.41, 5.74) is -0.134. The maximum absolute atomic E-state index is 13.3. The molecule has 5 aromatic carbocycles. The lowest BCUT2D eigenvalue weighted by molar-refractivity contribution is -0.432. The maximum Gasteiger partial charge on any atom is 0.294 e. The quantitative estimate of drug-likeness (QED) is 0.0489. The monoisotopic (exact) mass is 621 g/mol.